The Labute approximate surface area is 85.2 Å². The Hall–Kier alpha value is -2.11. The number of nitrogens with one attached hydrogen (secondary N) is 1. The average Bonchev–Trinajstić information content (AvgIpc) is 2.70. The van der Waals surface area contributed by atoms with Crippen LogP contribution in [-0.2, 0) is 4.74 Å². The van der Waals surface area contributed by atoms with Gasteiger partial charge in [-0.1, -0.05) is 0 Å². The van der Waals surface area contributed by atoms with Crippen molar-refractivity contribution in [3.8, 4) is 5.88 Å². The summed E-state index contributed by atoms with van der Waals surface area (Å²) in [5, 5.41) is 0. The predicted molar refractivity (Wildman–Crippen MR) is 51.8 cm³/mol. The Morgan fingerprint density at radius 2 is 2.13 bits per heavy atom. The molecule has 0 spiro atoms. The number of methoxy groups -OCH3 is 2. The molecular formula is C9H9N3O3. The third-order valence-corrected chi connectivity index (χ3v) is 1.91. The molecule has 6 heteroatoms. The number of imidazole rings is 1. The molecule has 0 radical (unpaired) electrons. The summed E-state index contributed by atoms with van der Waals surface area (Å²) in [4.78, 5) is 22.0. The van der Waals surface area contributed by atoms with E-state index in [0.717, 1.165) is 0 Å². The number of rotatable bonds is 2. The van der Waals surface area contributed by atoms with Gasteiger partial charge in [-0.2, -0.15) is 4.98 Å². The summed E-state index contributed by atoms with van der Waals surface area (Å²) in [6, 6.07) is 3.42. The lowest BCUT2D eigenvalue weighted by atomic mass is 10.4. The predicted octanol–water partition coefficient (Wildman–Crippen LogP) is 0.753. The summed E-state index contributed by atoms with van der Waals surface area (Å²) in [6.45, 7) is 0. The molecule has 2 rings (SSSR count). The van der Waals surface area contributed by atoms with Gasteiger partial charge in [-0.3, -0.25) is 0 Å². The van der Waals surface area contributed by atoms with Crippen LogP contribution in [0.1, 0.15) is 10.6 Å². The Balaban J connectivity index is 2.51. The van der Waals surface area contributed by atoms with Crippen molar-refractivity contribution >= 4 is 17.1 Å². The number of carbonyl (C=O) groups is 1. The van der Waals surface area contributed by atoms with Crippen LogP contribution in [0.25, 0.3) is 11.2 Å². The van der Waals surface area contributed by atoms with Crippen molar-refractivity contribution in [2.24, 2.45) is 0 Å². The minimum Gasteiger partial charge on any atom is -0.481 e. The van der Waals surface area contributed by atoms with E-state index < -0.39 is 5.97 Å². The highest BCUT2D eigenvalue weighted by Crippen LogP contribution is 2.14. The molecule has 0 atom stereocenters. The molecular weight excluding hydrogens is 198 g/mol. The van der Waals surface area contributed by atoms with Crippen LogP contribution >= 0.6 is 0 Å². The minimum atomic E-state index is -0.521. The molecule has 0 amide bonds. The minimum absolute atomic E-state index is 0.133. The Kier molecular flexibility index (Phi) is 2.24. The molecule has 0 aliphatic heterocycles. The highest BCUT2D eigenvalue weighted by molar-refractivity contribution is 5.89. The first-order valence-electron chi connectivity index (χ1n) is 4.23. The smallest absolute Gasteiger partial charge is 0.374 e. The third kappa shape index (κ3) is 1.61. The lowest BCUT2D eigenvalue weighted by molar-refractivity contribution is 0.0588. The van der Waals surface area contributed by atoms with Crippen molar-refractivity contribution in [2.75, 3.05) is 14.2 Å². The fourth-order valence-electron chi connectivity index (χ4n) is 1.18. The van der Waals surface area contributed by atoms with Gasteiger partial charge < -0.3 is 14.5 Å². The number of pyridine rings is 1. The number of nitrogens with zero attached hydrogens (tertiary/aromatic N) is 2. The first kappa shape index (κ1) is 9.45. The molecule has 2 aromatic heterocycles. The summed E-state index contributed by atoms with van der Waals surface area (Å²) in [5.74, 6) is 0.0608. The van der Waals surface area contributed by atoms with Crippen LogP contribution in [0.15, 0.2) is 12.1 Å². The molecule has 6 nitrogen and oxygen atoms in total. The van der Waals surface area contributed by atoms with E-state index in [-0.39, 0.29) is 5.82 Å². The van der Waals surface area contributed by atoms with Crippen LogP contribution in [0.4, 0.5) is 0 Å². The van der Waals surface area contributed by atoms with Crippen LogP contribution in [0.5, 0.6) is 5.88 Å². The van der Waals surface area contributed by atoms with E-state index in [2.05, 4.69) is 19.7 Å². The quantitative estimate of drug-likeness (QED) is 0.735. The number of hydrogen-bond donors (Lipinski definition) is 1. The summed E-state index contributed by atoms with van der Waals surface area (Å²) >= 11 is 0. The monoisotopic (exact) mass is 207 g/mol. The second kappa shape index (κ2) is 3.56. The zero-order valence-electron chi connectivity index (χ0n) is 8.27. The molecule has 0 saturated carbocycles. The summed E-state index contributed by atoms with van der Waals surface area (Å²) in [5.41, 5.74) is 1.09. The highest BCUT2D eigenvalue weighted by atomic mass is 16.5. The van der Waals surface area contributed by atoms with Gasteiger partial charge in [-0.25, -0.2) is 9.78 Å². The molecule has 1 N–H and O–H groups in total. The largest absolute Gasteiger partial charge is 0.481 e. The molecule has 0 bridgehead atoms. The van der Waals surface area contributed by atoms with E-state index in [1.165, 1.54) is 14.2 Å². The van der Waals surface area contributed by atoms with E-state index in [9.17, 15) is 4.79 Å². The lowest BCUT2D eigenvalue weighted by Crippen LogP contribution is -2.02. The van der Waals surface area contributed by atoms with Gasteiger partial charge in [-0.05, 0) is 6.07 Å². The fourth-order valence-corrected chi connectivity index (χ4v) is 1.18. The zero-order chi connectivity index (χ0) is 10.8. The normalized spacial score (nSPS) is 10.3. The van der Waals surface area contributed by atoms with Crippen molar-refractivity contribution < 1.29 is 14.3 Å². The molecule has 15 heavy (non-hydrogen) atoms. The number of esters is 1. The summed E-state index contributed by atoms with van der Waals surface area (Å²) in [7, 11) is 2.81. The van der Waals surface area contributed by atoms with E-state index in [1.54, 1.807) is 12.1 Å². The first-order valence-corrected chi connectivity index (χ1v) is 4.23. The molecule has 0 saturated heterocycles. The van der Waals surface area contributed by atoms with Gasteiger partial charge in [0.1, 0.15) is 0 Å². The number of hydrogen-bond acceptors (Lipinski definition) is 5. The maximum Gasteiger partial charge on any atom is 0.374 e. The molecule has 2 heterocycles. The average molecular weight is 207 g/mol. The van der Waals surface area contributed by atoms with Crippen LogP contribution in [-0.4, -0.2) is 35.1 Å². The Bertz CT molecular complexity index is 506. The lowest BCUT2D eigenvalue weighted by Gasteiger charge is -1.95. The van der Waals surface area contributed by atoms with E-state index >= 15 is 0 Å². The second-order valence-electron chi connectivity index (χ2n) is 2.80. The first-order chi connectivity index (χ1) is 7.24. The number of aromatic nitrogens is 3. The van der Waals surface area contributed by atoms with Crippen molar-refractivity contribution in [3.63, 3.8) is 0 Å². The topological polar surface area (TPSA) is 77.1 Å². The Morgan fingerprint density at radius 1 is 1.33 bits per heavy atom. The van der Waals surface area contributed by atoms with E-state index in [4.69, 9.17) is 4.74 Å². The molecule has 0 fully saturated rings. The van der Waals surface area contributed by atoms with Crippen LogP contribution in [0.3, 0.4) is 0 Å². The molecule has 0 aliphatic rings. The fraction of sp³-hybridized carbons (Fsp3) is 0.222. The Morgan fingerprint density at radius 3 is 2.80 bits per heavy atom. The van der Waals surface area contributed by atoms with Crippen LogP contribution in [0.2, 0.25) is 0 Å². The van der Waals surface area contributed by atoms with Gasteiger partial charge in [-0.15, -0.1) is 0 Å². The van der Waals surface area contributed by atoms with Gasteiger partial charge in [0.2, 0.25) is 11.7 Å². The van der Waals surface area contributed by atoms with Crippen molar-refractivity contribution in [1.29, 1.82) is 0 Å². The van der Waals surface area contributed by atoms with E-state index in [0.29, 0.717) is 17.0 Å². The standard InChI is InChI=1S/C9H9N3O3/c1-14-6-4-3-5-7(11-6)12-8(10-5)9(13)15-2/h3-4H,1-2H3,(H,10,11,12). The molecule has 78 valence electrons. The maximum absolute atomic E-state index is 11.2. The van der Waals surface area contributed by atoms with E-state index in [1.807, 2.05) is 0 Å². The van der Waals surface area contributed by atoms with Gasteiger partial charge in [0, 0.05) is 6.07 Å². The van der Waals surface area contributed by atoms with Gasteiger partial charge in [0.15, 0.2) is 5.65 Å². The van der Waals surface area contributed by atoms with Crippen LogP contribution in [0, 0.1) is 0 Å². The maximum atomic E-state index is 11.2. The summed E-state index contributed by atoms with van der Waals surface area (Å²) < 4.78 is 9.47. The third-order valence-electron chi connectivity index (χ3n) is 1.91. The molecule has 0 aromatic carbocycles. The van der Waals surface area contributed by atoms with Gasteiger partial charge >= 0.3 is 5.97 Å². The number of carbonyl (C=O) groups excluding carboxylic acids is 1. The summed E-state index contributed by atoms with van der Waals surface area (Å²) in [6.07, 6.45) is 0. The SMILES string of the molecule is COC(=O)c1nc2nc(OC)ccc2[nH]1. The second-order valence-corrected chi connectivity index (χ2v) is 2.80. The highest BCUT2D eigenvalue weighted by Gasteiger charge is 2.12. The molecule has 0 unspecified atom stereocenters. The van der Waals surface area contributed by atoms with Gasteiger partial charge in [0.25, 0.3) is 0 Å². The van der Waals surface area contributed by atoms with Gasteiger partial charge in [0.05, 0.1) is 19.7 Å². The molecule has 2 aromatic rings. The van der Waals surface area contributed by atoms with Crippen LogP contribution < -0.4 is 4.74 Å². The number of fused-ring (bicyclic) bond motifs is 1. The number of aromatic amines is 1. The van der Waals surface area contributed by atoms with Crippen molar-refractivity contribution in [2.45, 2.75) is 0 Å². The number of ether oxygens (including phenoxy) is 2. The van der Waals surface area contributed by atoms with Crippen molar-refractivity contribution in [1.82, 2.24) is 15.0 Å². The zero-order valence-corrected chi connectivity index (χ0v) is 8.27. The molecule has 0 aliphatic carbocycles. The van der Waals surface area contributed by atoms with Crippen molar-refractivity contribution in [3.05, 3.63) is 18.0 Å². The number of H-pyrrole nitrogens is 1.